The van der Waals surface area contributed by atoms with E-state index >= 15 is 4.79 Å². The van der Waals surface area contributed by atoms with E-state index < -0.39 is 125 Å². The number of benzene rings is 3. The van der Waals surface area contributed by atoms with Gasteiger partial charge in [0.05, 0.1) is 29.5 Å². The maximum absolute atomic E-state index is 15.7. The second-order valence-electron chi connectivity index (χ2n) is 17.6. The molecule has 7 rings (SSSR count). The van der Waals surface area contributed by atoms with E-state index in [4.69, 9.17) is 28.4 Å². The Balaban J connectivity index is 1.40. The van der Waals surface area contributed by atoms with Gasteiger partial charge in [-0.15, -0.1) is 0 Å². The Bertz CT molecular complexity index is 2380. The van der Waals surface area contributed by atoms with Crippen molar-refractivity contribution in [2.75, 3.05) is 6.61 Å². The van der Waals surface area contributed by atoms with Crippen molar-refractivity contribution in [1.29, 1.82) is 0 Å². The minimum absolute atomic E-state index is 0.0329. The summed E-state index contributed by atoms with van der Waals surface area (Å²) in [6.07, 6.45) is -10.7. The van der Waals surface area contributed by atoms with Gasteiger partial charge in [0.15, 0.2) is 23.6 Å². The molecule has 3 aliphatic carbocycles. The first kappa shape index (κ1) is 45.8. The smallest absolute Gasteiger partial charge is 0.338 e. The number of carbonyl (C=O) groups excluding carboxylic acids is 7. The molecule has 3 N–H and O–H groups in total. The molecular weight excluding hydrogens is 831 g/mol. The monoisotopic (exact) mass is 881 g/mol. The third-order valence-electron chi connectivity index (χ3n) is 13.4. The lowest BCUT2D eigenvalue weighted by Gasteiger charge is -2.60. The molecule has 16 nitrogen and oxygen atoms in total. The zero-order valence-electron chi connectivity index (χ0n) is 36.4. The summed E-state index contributed by atoms with van der Waals surface area (Å²) in [5.41, 5.74) is -7.34. The SMILES string of the molecule is CC(=O)O[C@H]1C(=O)[C@@]2(C)[C@H]([C@H](OC(=O)c3ccccc3)[C@]3(O)C[C@H](OC(=O)[C@H](O)[C@@H](NC(=O)c4ccccc4)c4ccccc4)C(C)=C1C3(C)C)[C@]1(OC(C)=O)CO[C@@H]1[C@@H]2OC(C)=O. The summed E-state index contributed by atoms with van der Waals surface area (Å²) in [6, 6.07) is 22.8. The van der Waals surface area contributed by atoms with Crippen LogP contribution < -0.4 is 5.32 Å². The largest absolute Gasteiger partial charge is 0.459 e. The molecule has 0 radical (unpaired) electrons. The Morgan fingerprint density at radius 3 is 1.84 bits per heavy atom. The summed E-state index contributed by atoms with van der Waals surface area (Å²) in [6.45, 7) is 8.90. The van der Waals surface area contributed by atoms with Crippen molar-refractivity contribution in [2.24, 2.45) is 16.7 Å². The number of Topliss-reactive ketones (excluding diaryl/α,β-unsaturated/α-hetero) is 1. The van der Waals surface area contributed by atoms with E-state index in [0.29, 0.717) is 5.56 Å². The van der Waals surface area contributed by atoms with Gasteiger partial charge in [-0.1, -0.05) is 80.6 Å². The molecule has 0 spiro atoms. The van der Waals surface area contributed by atoms with E-state index in [-0.39, 0.29) is 22.3 Å². The third kappa shape index (κ3) is 7.56. The van der Waals surface area contributed by atoms with Crippen molar-refractivity contribution in [1.82, 2.24) is 5.32 Å². The predicted molar refractivity (Wildman–Crippen MR) is 223 cm³/mol. The molecule has 0 unspecified atom stereocenters. The molecule has 16 heteroatoms. The Labute approximate surface area is 369 Å². The van der Waals surface area contributed by atoms with Gasteiger partial charge in [0.2, 0.25) is 0 Å². The van der Waals surface area contributed by atoms with E-state index in [1.165, 1.54) is 26.0 Å². The van der Waals surface area contributed by atoms with Crippen LogP contribution in [-0.4, -0.2) is 106 Å². The van der Waals surface area contributed by atoms with Crippen molar-refractivity contribution in [3.63, 3.8) is 0 Å². The summed E-state index contributed by atoms with van der Waals surface area (Å²) in [4.78, 5) is 96.8. The third-order valence-corrected chi connectivity index (χ3v) is 13.4. The summed E-state index contributed by atoms with van der Waals surface area (Å²) in [7, 11) is 0. The lowest BCUT2D eigenvalue weighted by Crippen LogP contribution is -2.73. The van der Waals surface area contributed by atoms with Gasteiger partial charge in [0.1, 0.15) is 30.0 Å². The van der Waals surface area contributed by atoms with E-state index in [2.05, 4.69) is 5.32 Å². The van der Waals surface area contributed by atoms with Gasteiger partial charge in [0, 0.05) is 38.2 Å². The second kappa shape index (κ2) is 17.0. The molecule has 0 aromatic heterocycles. The van der Waals surface area contributed by atoms with Crippen LogP contribution in [0.5, 0.6) is 0 Å². The van der Waals surface area contributed by atoms with Crippen molar-refractivity contribution in [3.05, 3.63) is 119 Å². The van der Waals surface area contributed by atoms with Crippen LogP contribution in [0, 0.1) is 16.7 Å². The van der Waals surface area contributed by atoms with Crippen LogP contribution in [-0.2, 0) is 52.4 Å². The number of nitrogens with one attached hydrogen (secondary N) is 1. The number of ether oxygens (including phenoxy) is 6. The Hall–Kier alpha value is -6.23. The number of esters is 5. The molecular formula is C48H51NO15. The number of ketones is 1. The zero-order chi connectivity index (χ0) is 46.5. The minimum atomic E-state index is -2.42. The van der Waals surface area contributed by atoms with E-state index in [1.807, 2.05) is 0 Å². The summed E-state index contributed by atoms with van der Waals surface area (Å²) >= 11 is 0. The molecule has 4 aliphatic rings. The van der Waals surface area contributed by atoms with Gasteiger partial charge in [-0.3, -0.25) is 24.0 Å². The molecule has 2 bridgehead atoms. The van der Waals surface area contributed by atoms with Crippen LogP contribution in [0.3, 0.4) is 0 Å². The van der Waals surface area contributed by atoms with Crippen LogP contribution in [0.4, 0.5) is 0 Å². The van der Waals surface area contributed by atoms with Gasteiger partial charge in [0.25, 0.3) is 5.91 Å². The van der Waals surface area contributed by atoms with Crippen LogP contribution in [0.2, 0.25) is 0 Å². The average Bonchev–Trinajstić information content (AvgIpc) is 3.37. The first-order chi connectivity index (χ1) is 30.2. The summed E-state index contributed by atoms with van der Waals surface area (Å²) in [5.74, 6) is -7.86. The summed E-state index contributed by atoms with van der Waals surface area (Å²) in [5, 5.41) is 28.3. The molecule has 1 saturated heterocycles. The molecule has 3 aromatic rings. The number of fused-ring (bicyclic) bond motifs is 5. The maximum atomic E-state index is 15.7. The topological polar surface area (TPSA) is 227 Å². The lowest BCUT2D eigenvalue weighted by molar-refractivity contribution is -0.288. The van der Waals surface area contributed by atoms with Crippen LogP contribution in [0.15, 0.2) is 102 Å². The number of aliphatic hydroxyl groups is 2. The quantitative estimate of drug-likeness (QED) is 0.141. The molecule has 1 amide bonds. The molecule has 1 heterocycles. The highest BCUT2D eigenvalue weighted by molar-refractivity contribution is 5.97. The molecule has 11 atom stereocenters. The van der Waals surface area contributed by atoms with Crippen molar-refractivity contribution in [2.45, 2.75) is 109 Å². The second-order valence-corrected chi connectivity index (χ2v) is 17.6. The Morgan fingerprint density at radius 1 is 0.750 bits per heavy atom. The average molecular weight is 882 g/mol. The van der Waals surface area contributed by atoms with Gasteiger partial charge < -0.3 is 44.0 Å². The van der Waals surface area contributed by atoms with E-state index in [0.717, 1.165) is 20.8 Å². The number of hydrogen-bond acceptors (Lipinski definition) is 15. The molecule has 1 aliphatic heterocycles. The fraction of sp³-hybridized carbons (Fsp3) is 0.438. The minimum Gasteiger partial charge on any atom is -0.459 e. The van der Waals surface area contributed by atoms with Crippen LogP contribution in [0.1, 0.15) is 87.2 Å². The first-order valence-electron chi connectivity index (χ1n) is 20.9. The molecule has 3 fully saturated rings. The first-order valence-corrected chi connectivity index (χ1v) is 20.9. The number of hydrogen-bond donors (Lipinski definition) is 3. The summed E-state index contributed by atoms with van der Waals surface area (Å²) < 4.78 is 36.3. The van der Waals surface area contributed by atoms with Crippen molar-refractivity contribution in [3.8, 4) is 0 Å². The van der Waals surface area contributed by atoms with E-state index in [9.17, 15) is 39.0 Å². The van der Waals surface area contributed by atoms with Crippen LogP contribution >= 0.6 is 0 Å². The maximum Gasteiger partial charge on any atom is 0.338 e. The van der Waals surface area contributed by atoms with Gasteiger partial charge in [-0.25, -0.2) is 9.59 Å². The fourth-order valence-electron chi connectivity index (χ4n) is 10.4. The highest BCUT2D eigenvalue weighted by Crippen LogP contribution is 2.67. The standard InChI is InChI=1S/C48H51NO15/c1-25-32(62-44(57)35(53)34(29-17-11-8-12-18-29)49-42(55)30-19-13-9-14-20-30)23-48(58)39(63-43(56)31-21-15-10-16-22-31)37-46(7,38(54)36(60-26(2)50)33(25)45(48,5)6)40(61-27(3)51)41-47(37,24-59-41)64-28(4)52/h8-22,32,34-37,39-41,53,58H,23-24H2,1-7H3,(H,49,55)/t32-,34-,35+,36+,37-,39-,40-,41+,46+,47+,48+/m0/s1. The number of carbonyl (C=O) groups is 7. The van der Waals surface area contributed by atoms with Crippen molar-refractivity contribution < 1.29 is 72.2 Å². The van der Waals surface area contributed by atoms with Gasteiger partial charge in [-0.2, -0.15) is 0 Å². The predicted octanol–water partition coefficient (Wildman–Crippen LogP) is 3.92. The van der Waals surface area contributed by atoms with Gasteiger partial charge >= 0.3 is 29.8 Å². The lowest BCUT2D eigenvalue weighted by atomic mass is 9.50. The molecule has 64 heavy (non-hydrogen) atoms. The van der Waals surface area contributed by atoms with Gasteiger partial charge in [-0.05, 0) is 54.8 Å². The number of rotatable bonds is 11. The molecule has 3 aromatic carbocycles. The highest BCUT2D eigenvalue weighted by atomic mass is 16.7. The zero-order valence-corrected chi connectivity index (χ0v) is 36.4. The Morgan fingerprint density at radius 2 is 1.31 bits per heavy atom. The molecule has 338 valence electrons. The fourth-order valence-corrected chi connectivity index (χ4v) is 10.4. The van der Waals surface area contributed by atoms with Crippen LogP contribution in [0.25, 0.3) is 0 Å². The molecule has 2 saturated carbocycles. The normalized spacial score (nSPS) is 30.9. The number of amides is 1. The highest BCUT2D eigenvalue weighted by Gasteiger charge is 2.83. The van der Waals surface area contributed by atoms with E-state index in [1.54, 1.807) is 92.7 Å². The number of aliphatic hydroxyl groups excluding tert-OH is 1. The van der Waals surface area contributed by atoms with Crippen molar-refractivity contribution >= 4 is 41.5 Å². The Kier molecular flexibility index (Phi) is 12.2.